The van der Waals surface area contributed by atoms with Gasteiger partial charge in [-0.05, 0) is 24.6 Å². The average Bonchev–Trinajstić information content (AvgIpc) is 2.75. The first-order chi connectivity index (χ1) is 10.3. The SMILES string of the molecule is CC(=O)Nc1cccc(NCC(=O)NC2CCS(=O)(=O)C2)c1. The molecule has 1 aliphatic heterocycles. The molecule has 0 spiro atoms. The van der Waals surface area contributed by atoms with Gasteiger partial charge in [-0.25, -0.2) is 8.42 Å². The first-order valence-electron chi connectivity index (χ1n) is 6.95. The molecule has 0 aromatic heterocycles. The van der Waals surface area contributed by atoms with Crippen molar-refractivity contribution in [2.24, 2.45) is 0 Å². The summed E-state index contributed by atoms with van der Waals surface area (Å²) in [5, 5.41) is 8.30. The molecule has 1 atom stereocenters. The quantitative estimate of drug-likeness (QED) is 0.725. The van der Waals surface area contributed by atoms with E-state index in [1.165, 1.54) is 6.92 Å². The number of benzene rings is 1. The molecule has 1 heterocycles. The van der Waals surface area contributed by atoms with Crippen LogP contribution < -0.4 is 16.0 Å². The number of hydrogen-bond donors (Lipinski definition) is 3. The molecule has 0 aliphatic carbocycles. The molecule has 1 aromatic carbocycles. The predicted molar refractivity (Wildman–Crippen MR) is 84.4 cm³/mol. The maximum Gasteiger partial charge on any atom is 0.239 e. The van der Waals surface area contributed by atoms with Crippen LogP contribution in [0.3, 0.4) is 0 Å². The summed E-state index contributed by atoms with van der Waals surface area (Å²) < 4.78 is 22.7. The first-order valence-corrected chi connectivity index (χ1v) is 8.77. The van der Waals surface area contributed by atoms with Crippen LogP contribution in [0.5, 0.6) is 0 Å². The summed E-state index contributed by atoms with van der Waals surface area (Å²) in [5.74, 6) is -0.287. The van der Waals surface area contributed by atoms with E-state index in [2.05, 4.69) is 16.0 Å². The van der Waals surface area contributed by atoms with Crippen LogP contribution in [0.15, 0.2) is 24.3 Å². The van der Waals surface area contributed by atoms with E-state index in [4.69, 9.17) is 0 Å². The Labute approximate surface area is 129 Å². The van der Waals surface area contributed by atoms with Gasteiger partial charge in [0.15, 0.2) is 9.84 Å². The number of anilines is 2. The highest BCUT2D eigenvalue weighted by atomic mass is 32.2. The number of rotatable bonds is 5. The van der Waals surface area contributed by atoms with Crippen LogP contribution in [0.2, 0.25) is 0 Å². The lowest BCUT2D eigenvalue weighted by atomic mass is 10.2. The lowest BCUT2D eigenvalue weighted by molar-refractivity contribution is -0.120. The Morgan fingerprint density at radius 1 is 1.27 bits per heavy atom. The molecule has 22 heavy (non-hydrogen) atoms. The second-order valence-corrected chi connectivity index (χ2v) is 7.51. The zero-order chi connectivity index (χ0) is 16.2. The maximum absolute atomic E-state index is 11.8. The van der Waals surface area contributed by atoms with E-state index < -0.39 is 9.84 Å². The number of carbonyl (C=O) groups is 2. The molecule has 7 nitrogen and oxygen atoms in total. The highest BCUT2D eigenvalue weighted by Gasteiger charge is 2.28. The van der Waals surface area contributed by atoms with Gasteiger partial charge in [0.2, 0.25) is 11.8 Å². The van der Waals surface area contributed by atoms with Gasteiger partial charge in [-0.2, -0.15) is 0 Å². The van der Waals surface area contributed by atoms with Gasteiger partial charge in [-0.1, -0.05) is 6.07 Å². The maximum atomic E-state index is 11.8. The van der Waals surface area contributed by atoms with E-state index in [1.54, 1.807) is 24.3 Å². The van der Waals surface area contributed by atoms with Crippen molar-refractivity contribution in [2.45, 2.75) is 19.4 Å². The average molecular weight is 325 g/mol. The molecule has 0 saturated carbocycles. The second-order valence-electron chi connectivity index (χ2n) is 5.28. The summed E-state index contributed by atoms with van der Waals surface area (Å²) in [6.07, 6.45) is 0.464. The summed E-state index contributed by atoms with van der Waals surface area (Å²) in [6, 6.07) is 6.70. The summed E-state index contributed by atoms with van der Waals surface area (Å²) in [4.78, 5) is 22.8. The molecule has 1 unspecified atom stereocenters. The summed E-state index contributed by atoms with van der Waals surface area (Å²) in [6.45, 7) is 1.46. The highest BCUT2D eigenvalue weighted by molar-refractivity contribution is 7.91. The van der Waals surface area contributed by atoms with Crippen LogP contribution in [0, 0.1) is 0 Å². The smallest absolute Gasteiger partial charge is 0.239 e. The minimum absolute atomic E-state index is 0.0107. The topological polar surface area (TPSA) is 104 Å². The Balaban J connectivity index is 1.82. The number of sulfone groups is 1. The van der Waals surface area contributed by atoms with Crippen LogP contribution in [-0.4, -0.2) is 44.3 Å². The molecule has 1 fully saturated rings. The van der Waals surface area contributed by atoms with Gasteiger partial charge in [0, 0.05) is 24.3 Å². The molecule has 8 heteroatoms. The van der Waals surface area contributed by atoms with Crippen LogP contribution in [0.25, 0.3) is 0 Å². The van der Waals surface area contributed by atoms with Crippen molar-refractivity contribution in [1.82, 2.24) is 5.32 Å². The van der Waals surface area contributed by atoms with E-state index in [0.717, 1.165) is 0 Å². The molecule has 2 amide bonds. The second kappa shape index (κ2) is 6.78. The first kappa shape index (κ1) is 16.3. The molecule has 1 saturated heterocycles. The van der Waals surface area contributed by atoms with Gasteiger partial charge in [0.05, 0.1) is 18.1 Å². The molecule has 1 aliphatic rings. The fourth-order valence-electron chi connectivity index (χ4n) is 2.28. The third-order valence-corrected chi connectivity index (χ3v) is 5.00. The van der Waals surface area contributed by atoms with Crippen LogP contribution in [0.4, 0.5) is 11.4 Å². The van der Waals surface area contributed by atoms with Crippen LogP contribution in [0.1, 0.15) is 13.3 Å². The van der Waals surface area contributed by atoms with E-state index in [0.29, 0.717) is 17.8 Å². The third-order valence-electron chi connectivity index (χ3n) is 3.23. The molecule has 2 rings (SSSR count). The minimum Gasteiger partial charge on any atom is -0.376 e. The van der Waals surface area contributed by atoms with Crippen molar-refractivity contribution in [3.8, 4) is 0 Å². The lowest BCUT2D eigenvalue weighted by Gasteiger charge is -2.12. The van der Waals surface area contributed by atoms with Crippen molar-refractivity contribution in [3.05, 3.63) is 24.3 Å². The van der Waals surface area contributed by atoms with Crippen molar-refractivity contribution in [3.63, 3.8) is 0 Å². The predicted octanol–water partition coefficient (Wildman–Crippen LogP) is 0.360. The van der Waals surface area contributed by atoms with E-state index in [9.17, 15) is 18.0 Å². The molecular weight excluding hydrogens is 306 g/mol. The summed E-state index contributed by atoms with van der Waals surface area (Å²) in [7, 11) is -3.00. The van der Waals surface area contributed by atoms with Gasteiger partial charge < -0.3 is 16.0 Å². The van der Waals surface area contributed by atoms with E-state index in [1.807, 2.05) is 0 Å². The zero-order valence-electron chi connectivity index (χ0n) is 12.3. The van der Waals surface area contributed by atoms with Crippen LogP contribution in [-0.2, 0) is 19.4 Å². The zero-order valence-corrected chi connectivity index (χ0v) is 13.1. The van der Waals surface area contributed by atoms with Gasteiger partial charge in [0.25, 0.3) is 0 Å². The molecule has 0 radical (unpaired) electrons. The molecular formula is C14H19N3O4S. The third kappa shape index (κ3) is 5.03. The Morgan fingerprint density at radius 2 is 2.00 bits per heavy atom. The van der Waals surface area contributed by atoms with Gasteiger partial charge in [-0.3, -0.25) is 9.59 Å². The molecule has 120 valence electrons. The van der Waals surface area contributed by atoms with Gasteiger partial charge in [0.1, 0.15) is 0 Å². The van der Waals surface area contributed by atoms with Gasteiger partial charge >= 0.3 is 0 Å². The number of amides is 2. The fraction of sp³-hybridized carbons (Fsp3) is 0.429. The van der Waals surface area contributed by atoms with Crippen molar-refractivity contribution >= 4 is 33.0 Å². The lowest BCUT2D eigenvalue weighted by Crippen LogP contribution is -2.39. The summed E-state index contributed by atoms with van der Waals surface area (Å²) in [5.41, 5.74) is 1.33. The molecule has 1 aromatic rings. The Morgan fingerprint density at radius 3 is 2.64 bits per heavy atom. The number of carbonyl (C=O) groups excluding carboxylic acids is 2. The summed E-state index contributed by atoms with van der Waals surface area (Å²) >= 11 is 0. The minimum atomic E-state index is -3.00. The Hall–Kier alpha value is -2.09. The van der Waals surface area contributed by atoms with Crippen molar-refractivity contribution in [1.29, 1.82) is 0 Å². The highest BCUT2D eigenvalue weighted by Crippen LogP contribution is 2.15. The molecule has 3 N–H and O–H groups in total. The fourth-order valence-corrected chi connectivity index (χ4v) is 3.95. The Kier molecular flexibility index (Phi) is 5.02. The standard InChI is InChI=1S/C14H19N3O4S/c1-10(18)16-12-4-2-3-11(7-12)15-8-14(19)17-13-5-6-22(20,21)9-13/h2-4,7,13,15H,5-6,8-9H2,1H3,(H,16,18)(H,17,19). The monoisotopic (exact) mass is 325 g/mol. The van der Waals surface area contributed by atoms with E-state index in [-0.39, 0.29) is 35.9 Å². The van der Waals surface area contributed by atoms with Crippen molar-refractivity contribution < 1.29 is 18.0 Å². The van der Waals surface area contributed by atoms with Crippen LogP contribution >= 0.6 is 0 Å². The van der Waals surface area contributed by atoms with Gasteiger partial charge in [-0.15, -0.1) is 0 Å². The Bertz CT molecular complexity index is 672. The molecule has 0 bridgehead atoms. The normalized spacial score (nSPS) is 19.4. The van der Waals surface area contributed by atoms with Crippen molar-refractivity contribution in [2.75, 3.05) is 28.7 Å². The largest absolute Gasteiger partial charge is 0.376 e. The number of hydrogen-bond acceptors (Lipinski definition) is 5. The van der Waals surface area contributed by atoms with E-state index >= 15 is 0 Å². The number of nitrogens with one attached hydrogen (secondary N) is 3.